The quantitative estimate of drug-likeness (QED) is 0.277. The van der Waals surface area contributed by atoms with Gasteiger partial charge in [-0.05, 0) is 6.42 Å². The SMILES string of the molecule is CN(C)c1nc(NCCCNc2nc(N(C)C)nc3c2sc2nccnc23)c2sc3nccnc3c2n1. The van der Waals surface area contributed by atoms with Crippen LogP contribution in [0.3, 0.4) is 0 Å². The predicted molar refractivity (Wildman–Crippen MR) is 151 cm³/mol. The van der Waals surface area contributed by atoms with Crippen molar-refractivity contribution in [2.75, 3.05) is 61.7 Å². The Kier molecular flexibility index (Phi) is 5.96. The van der Waals surface area contributed by atoms with Gasteiger partial charge in [0.1, 0.15) is 43.4 Å². The molecule has 0 aliphatic rings. The maximum absolute atomic E-state index is 4.75. The number of hydrogen-bond donors (Lipinski definition) is 2. The van der Waals surface area contributed by atoms with Gasteiger partial charge in [0, 0.05) is 66.1 Å². The van der Waals surface area contributed by atoms with Gasteiger partial charge in [-0.15, -0.1) is 22.7 Å². The summed E-state index contributed by atoms with van der Waals surface area (Å²) in [4.78, 5) is 42.3. The van der Waals surface area contributed by atoms with Crippen LogP contribution in [0.15, 0.2) is 24.8 Å². The molecular weight excluding hydrogens is 508 g/mol. The Morgan fingerprint density at radius 2 is 1.03 bits per heavy atom. The molecule has 0 saturated carbocycles. The van der Waals surface area contributed by atoms with Crippen molar-refractivity contribution in [1.29, 1.82) is 0 Å². The van der Waals surface area contributed by atoms with Crippen molar-refractivity contribution in [3.8, 4) is 0 Å². The fraction of sp³-hybridized carbons (Fsp3) is 0.304. The third-order valence-corrected chi connectivity index (χ3v) is 7.79. The third kappa shape index (κ3) is 4.27. The molecule has 188 valence electrons. The molecule has 14 heteroatoms. The second-order valence-corrected chi connectivity index (χ2v) is 10.7. The fourth-order valence-corrected chi connectivity index (χ4v) is 5.86. The number of anilines is 4. The van der Waals surface area contributed by atoms with E-state index >= 15 is 0 Å². The summed E-state index contributed by atoms with van der Waals surface area (Å²) in [5.74, 6) is 2.84. The molecule has 0 amide bonds. The molecule has 6 aromatic rings. The highest BCUT2D eigenvalue weighted by molar-refractivity contribution is 7.26. The molecule has 6 heterocycles. The summed E-state index contributed by atoms with van der Waals surface area (Å²) >= 11 is 3.10. The van der Waals surface area contributed by atoms with E-state index in [2.05, 4.69) is 30.6 Å². The minimum atomic E-state index is 0.630. The highest BCUT2D eigenvalue weighted by Crippen LogP contribution is 2.36. The van der Waals surface area contributed by atoms with Crippen molar-refractivity contribution in [2.24, 2.45) is 0 Å². The van der Waals surface area contributed by atoms with Crippen LogP contribution in [0, 0.1) is 0 Å². The molecule has 0 saturated heterocycles. The lowest BCUT2D eigenvalue weighted by atomic mass is 10.3. The topological polar surface area (TPSA) is 134 Å². The maximum Gasteiger partial charge on any atom is 0.227 e. The van der Waals surface area contributed by atoms with E-state index in [0.29, 0.717) is 25.0 Å². The lowest BCUT2D eigenvalue weighted by Crippen LogP contribution is -2.16. The van der Waals surface area contributed by atoms with Crippen molar-refractivity contribution in [3.05, 3.63) is 24.8 Å². The largest absolute Gasteiger partial charge is 0.369 e. The second-order valence-electron chi connectivity index (χ2n) is 8.72. The van der Waals surface area contributed by atoms with Crippen LogP contribution in [0.1, 0.15) is 6.42 Å². The number of nitrogens with zero attached hydrogens (tertiary/aromatic N) is 10. The molecule has 0 aliphatic heterocycles. The van der Waals surface area contributed by atoms with Gasteiger partial charge < -0.3 is 20.4 Å². The molecule has 6 rings (SSSR count). The van der Waals surface area contributed by atoms with Gasteiger partial charge in [0.25, 0.3) is 0 Å². The zero-order valence-electron chi connectivity index (χ0n) is 20.7. The predicted octanol–water partition coefficient (Wildman–Crippen LogP) is 3.63. The number of fused-ring (bicyclic) bond motifs is 6. The van der Waals surface area contributed by atoms with Crippen LogP contribution in [-0.2, 0) is 0 Å². The Morgan fingerprint density at radius 1 is 0.595 bits per heavy atom. The van der Waals surface area contributed by atoms with E-state index in [0.717, 1.165) is 59.2 Å². The number of nitrogens with one attached hydrogen (secondary N) is 2. The number of hydrogen-bond acceptors (Lipinski definition) is 14. The summed E-state index contributed by atoms with van der Waals surface area (Å²) in [5.41, 5.74) is 3.24. The summed E-state index contributed by atoms with van der Waals surface area (Å²) in [7, 11) is 7.72. The lowest BCUT2D eigenvalue weighted by Gasteiger charge is -2.14. The van der Waals surface area contributed by atoms with Crippen molar-refractivity contribution in [3.63, 3.8) is 0 Å². The van der Waals surface area contributed by atoms with Crippen molar-refractivity contribution < 1.29 is 0 Å². The van der Waals surface area contributed by atoms with Crippen LogP contribution in [0.4, 0.5) is 23.5 Å². The van der Waals surface area contributed by atoms with Crippen molar-refractivity contribution in [2.45, 2.75) is 6.42 Å². The summed E-state index contributed by atoms with van der Waals surface area (Å²) in [6.07, 6.45) is 7.63. The summed E-state index contributed by atoms with van der Waals surface area (Å²) in [5, 5.41) is 6.99. The van der Waals surface area contributed by atoms with E-state index < -0.39 is 0 Å². The summed E-state index contributed by atoms with van der Waals surface area (Å²) < 4.78 is 1.91. The molecule has 0 unspecified atom stereocenters. The molecule has 0 atom stereocenters. The van der Waals surface area contributed by atoms with Gasteiger partial charge in [-0.25, -0.2) is 29.9 Å². The monoisotopic (exact) mass is 532 g/mol. The maximum atomic E-state index is 4.75. The minimum absolute atomic E-state index is 0.630. The normalized spacial score (nSPS) is 11.6. The summed E-state index contributed by atoms with van der Waals surface area (Å²) in [6.45, 7) is 1.43. The zero-order valence-corrected chi connectivity index (χ0v) is 22.4. The van der Waals surface area contributed by atoms with Crippen LogP contribution < -0.4 is 20.4 Å². The fourth-order valence-electron chi connectivity index (χ4n) is 3.85. The van der Waals surface area contributed by atoms with Gasteiger partial charge >= 0.3 is 0 Å². The molecule has 37 heavy (non-hydrogen) atoms. The van der Waals surface area contributed by atoms with Gasteiger partial charge in [0.05, 0.1) is 9.40 Å². The Morgan fingerprint density at radius 3 is 1.46 bits per heavy atom. The molecule has 0 fully saturated rings. The molecule has 0 aromatic carbocycles. The average molecular weight is 533 g/mol. The summed E-state index contributed by atoms with van der Waals surface area (Å²) in [6, 6.07) is 0. The van der Waals surface area contributed by atoms with Gasteiger partial charge in [-0.1, -0.05) is 0 Å². The number of rotatable bonds is 8. The van der Waals surface area contributed by atoms with E-state index in [9.17, 15) is 0 Å². The van der Waals surface area contributed by atoms with E-state index in [-0.39, 0.29) is 0 Å². The van der Waals surface area contributed by atoms with E-state index in [1.54, 1.807) is 47.5 Å². The van der Waals surface area contributed by atoms with Gasteiger partial charge in [-0.2, -0.15) is 9.97 Å². The van der Waals surface area contributed by atoms with E-state index in [1.165, 1.54) is 0 Å². The van der Waals surface area contributed by atoms with E-state index in [1.807, 2.05) is 38.0 Å². The minimum Gasteiger partial charge on any atom is -0.369 e. The molecule has 0 bridgehead atoms. The lowest BCUT2D eigenvalue weighted by molar-refractivity contribution is 0.896. The molecule has 2 N–H and O–H groups in total. The molecular formula is C23H24N12S2. The highest BCUT2D eigenvalue weighted by atomic mass is 32.1. The van der Waals surface area contributed by atoms with Crippen molar-refractivity contribution in [1.82, 2.24) is 39.9 Å². The van der Waals surface area contributed by atoms with Crippen LogP contribution >= 0.6 is 22.7 Å². The Hall–Kier alpha value is -4.04. The smallest absolute Gasteiger partial charge is 0.227 e. The van der Waals surface area contributed by atoms with Crippen LogP contribution in [-0.4, -0.2) is 81.2 Å². The molecule has 0 radical (unpaired) electrons. The molecule has 6 aromatic heterocycles. The van der Waals surface area contributed by atoms with Crippen molar-refractivity contribution >= 4 is 87.3 Å². The third-order valence-electron chi connectivity index (χ3n) is 5.62. The van der Waals surface area contributed by atoms with Gasteiger partial charge in [0.15, 0.2) is 0 Å². The first-order valence-corrected chi connectivity index (χ1v) is 13.3. The van der Waals surface area contributed by atoms with Crippen LogP contribution in [0.2, 0.25) is 0 Å². The molecule has 0 spiro atoms. The first kappa shape index (κ1) is 23.4. The molecule has 0 aliphatic carbocycles. The highest BCUT2D eigenvalue weighted by Gasteiger charge is 2.18. The second kappa shape index (κ2) is 9.44. The first-order chi connectivity index (χ1) is 18.0. The zero-order chi connectivity index (χ0) is 25.5. The van der Waals surface area contributed by atoms with Gasteiger partial charge in [-0.3, -0.25) is 0 Å². The number of aromatic nitrogens is 8. The average Bonchev–Trinajstić information content (AvgIpc) is 3.47. The Labute approximate surface area is 219 Å². The number of thiophene rings is 2. The van der Waals surface area contributed by atoms with Gasteiger partial charge in [0.2, 0.25) is 11.9 Å². The van der Waals surface area contributed by atoms with Crippen LogP contribution in [0.25, 0.3) is 41.1 Å². The van der Waals surface area contributed by atoms with E-state index in [4.69, 9.17) is 19.9 Å². The van der Waals surface area contributed by atoms with Crippen LogP contribution in [0.5, 0.6) is 0 Å². The first-order valence-electron chi connectivity index (χ1n) is 11.6. The Balaban J connectivity index is 1.22. The molecule has 12 nitrogen and oxygen atoms in total. The Bertz CT molecular complexity index is 1610. The standard InChI is InChI=1S/C23H24N12S2/c1-34(2)22-30-12-14-20(28-10-8-24-14)36-16(12)18(32-22)26-6-5-7-27-19-17-13(31-23(33-19)35(3)4)15-21(37-17)29-11-9-25-15/h8-11H,5-7H2,1-4H3,(H,26,30,32)(H,27,31,33).